The van der Waals surface area contributed by atoms with Crippen molar-refractivity contribution in [2.24, 2.45) is 0 Å². The van der Waals surface area contributed by atoms with Gasteiger partial charge >= 0.3 is 0 Å². The van der Waals surface area contributed by atoms with Crippen LogP contribution in [0, 0.1) is 0 Å². The molecule has 0 unspecified atom stereocenters. The fourth-order valence-corrected chi connectivity index (χ4v) is 2.13. The molecule has 0 radical (unpaired) electrons. The minimum absolute atomic E-state index is 0.195. The number of carbonyl (C=O) groups excluding carboxylic acids is 1. The van der Waals surface area contributed by atoms with Gasteiger partial charge in [0.15, 0.2) is 0 Å². The summed E-state index contributed by atoms with van der Waals surface area (Å²) < 4.78 is 5.52. The minimum Gasteiger partial charge on any atom is -0.464 e. The molecule has 0 fully saturated rings. The van der Waals surface area contributed by atoms with E-state index in [1.807, 2.05) is 36.4 Å². The Morgan fingerprint density at radius 1 is 1.29 bits per heavy atom. The Morgan fingerprint density at radius 3 is 2.90 bits per heavy atom. The molecule has 3 aromatic rings. The lowest BCUT2D eigenvalue weighted by atomic mass is 10.1. The number of hydrogen-bond donors (Lipinski definition) is 1. The lowest BCUT2D eigenvalue weighted by molar-refractivity contribution is -0.116. The van der Waals surface area contributed by atoms with Crippen LogP contribution in [-0.4, -0.2) is 10.9 Å². The Bertz CT molecular complexity index is 788. The van der Waals surface area contributed by atoms with Crippen molar-refractivity contribution in [1.82, 2.24) is 10.3 Å². The van der Waals surface area contributed by atoms with Crippen LogP contribution in [0.1, 0.15) is 5.56 Å². The molecule has 21 heavy (non-hydrogen) atoms. The molecular weight excluding hydrogens is 264 g/mol. The summed E-state index contributed by atoms with van der Waals surface area (Å²) in [5, 5.41) is 3.76. The van der Waals surface area contributed by atoms with Crippen molar-refractivity contribution in [3.63, 3.8) is 0 Å². The predicted molar refractivity (Wildman–Crippen MR) is 81.5 cm³/mol. The number of amides is 1. The molecule has 4 nitrogen and oxygen atoms in total. The molecule has 1 amide bonds. The third kappa shape index (κ3) is 2.69. The Kier molecular flexibility index (Phi) is 3.51. The summed E-state index contributed by atoms with van der Waals surface area (Å²) in [4.78, 5) is 15.6. The van der Waals surface area contributed by atoms with E-state index in [4.69, 9.17) is 4.42 Å². The standard InChI is InChI=1S/C17H14N2O2/c1-2-17(20)19-10-12-7-8-15(18-9-12)14-11-21-16-6-4-3-5-13(14)16/h2-9,11H,1,10H2,(H,19,20). The average Bonchev–Trinajstić information content (AvgIpc) is 2.97. The van der Waals surface area contributed by atoms with Crippen molar-refractivity contribution in [2.45, 2.75) is 6.54 Å². The maximum absolute atomic E-state index is 11.1. The highest BCUT2D eigenvalue weighted by atomic mass is 16.3. The van der Waals surface area contributed by atoms with E-state index in [-0.39, 0.29) is 5.91 Å². The molecule has 0 aliphatic heterocycles. The number of pyridine rings is 1. The number of hydrogen-bond acceptors (Lipinski definition) is 3. The number of nitrogens with one attached hydrogen (secondary N) is 1. The first kappa shape index (κ1) is 13.1. The third-order valence-electron chi connectivity index (χ3n) is 3.23. The molecule has 1 N–H and O–H groups in total. The smallest absolute Gasteiger partial charge is 0.243 e. The monoisotopic (exact) mass is 278 g/mol. The fraction of sp³-hybridized carbons (Fsp3) is 0.0588. The maximum Gasteiger partial charge on any atom is 0.243 e. The minimum atomic E-state index is -0.195. The van der Waals surface area contributed by atoms with E-state index in [1.165, 1.54) is 6.08 Å². The lowest BCUT2D eigenvalue weighted by Gasteiger charge is -2.03. The SMILES string of the molecule is C=CC(=O)NCc1ccc(-c2coc3ccccc23)nc1. The molecule has 0 bridgehead atoms. The van der Waals surface area contributed by atoms with E-state index in [1.54, 1.807) is 12.5 Å². The van der Waals surface area contributed by atoms with Crippen LogP contribution in [0.4, 0.5) is 0 Å². The van der Waals surface area contributed by atoms with Gasteiger partial charge in [-0.1, -0.05) is 30.8 Å². The van der Waals surface area contributed by atoms with Crippen LogP contribution in [0.2, 0.25) is 0 Å². The number of carbonyl (C=O) groups is 1. The summed E-state index contributed by atoms with van der Waals surface area (Å²) >= 11 is 0. The van der Waals surface area contributed by atoms with E-state index in [0.717, 1.165) is 27.8 Å². The van der Waals surface area contributed by atoms with Gasteiger partial charge in [-0.3, -0.25) is 9.78 Å². The normalized spacial score (nSPS) is 10.5. The van der Waals surface area contributed by atoms with Gasteiger partial charge in [-0.05, 0) is 23.8 Å². The summed E-state index contributed by atoms with van der Waals surface area (Å²) in [5.41, 5.74) is 3.59. The van der Waals surface area contributed by atoms with Crippen LogP contribution in [0.5, 0.6) is 0 Å². The van der Waals surface area contributed by atoms with Crippen LogP contribution in [0.25, 0.3) is 22.2 Å². The largest absolute Gasteiger partial charge is 0.464 e. The molecule has 3 rings (SSSR count). The van der Waals surface area contributed by atoms with E-state index >= 15 is 0 Å². The van der Waals surface area contributed by atoms with Gasteiger partial charge in [-0.15, -0.1) is 0 Å². The van der Waals surface area contributed by atoms with Crippen LogP contribution >= 0.6 is 0 Å². The van der Waals surface area contributed by atoms with Gasteiger partial charge in [-0.2, -0.15) is 0 Å². The summed E-state index contributed by atoms with van der Waals surface area (Å²) in [5.74, 6) is -0.195. The quantitative estimate of drug-likeness (QED) is 0.745. The van der Waals surface area contributed by atoms with Gasteiger partial charge in [0.2, 0.25) is 5.91 Å². The van der Waals surface area contributed by atoms with E-state index in [9.17, 15) is 4.79 Å². The van der Waals surface area contributed by atoms with Gasteiger partial charge < -0.3 is 9.73 Å². The van der Waals surface area contributed by atoms with Crippen molar-refractivity contribution >= 4 is 16.9 Å². The van der Waals surface area contributed by atoms with E-state index in [2.05, 4.69) is 16.9 Å². The Hall–Kier alpha value is -2.88. The second kappa shape index (κ2) is 5.63. The zero-order chi connectivity index (χ0) is 14.7. The molecule has 0 aliphatic carbocycles. The first-order valence-corrected chi connectivity index (χ1v) is 6.60. The molecule has 0 spiro atoms. The number of aromatic nitrogens is 1. The van der Waals surface area contributed by atoms with E-state index in [0.29, 0.717) is 6.54 Å². The summed E-state index contributed by atoms with van der Waals surface area (Å²) in [6, 6.07) is 11.7. The highest BCUT2D eigenvalue weighted by Gasteiger charge is 2.08. The third-order valence-corrected chi connectivity index (χ3v) is 3.23. The number of furan rings is 1. The first-order chi connectivity index (χ1) is 10.3. The number of nitrogens with zero attached hydrogens (tertiary/aromatic N) is 1. The highest BCUT2D eigenvalue weighted by molar-refractivity contribution is 5.92. The molecule has 0 saturated heterocycles. The second-order valence-electron chi connectivity index (χ2n) is 4.62. The molecular formula is C17H14N2O2. The van der Waals surface area contributed by atoms with Crippen molar-refractivity contribution in [1.29, 1.82) is 0 Å². The van der Waals surface area contributed by atoms with Gasteiger partial charge in [0.25, 0.3) is 0 Å². The number of fused-ring (bicyclic) bond motifs is 1. The molecule has 0 atom stereocenters. The topological polar surface area (TPSA) is 55.1 Å². The van der Waals surface area contributed by atoms with Crippen LogP contribution < -0.4 is 5.32 Å². The molecule has 2 heterocycles. The van der Waals surface area contributed by atoms with Crippen molar-refractivity contribution < 1.29 is 9.21 Å². The van der Waals surface area contributed by atoms with Gasteiger partial charge in [0.05, 0.1) is 5.69 Å². The van der Waals surface area contributed by atoms with Crippen molar-refractivity contribution in [2.75, 3.05) is 0 Å². The molecule has 0 aliphatic rings. The first-order valence-electron chi connectivity index (χ1n) is 6.60. The molecule has 4 heteroatoms. The summed E-state index contributed by atoms with van der Waals surface area (Å²) in [6.45, 7) is 3.85. The predicted octanol–water partition coefficient (Wildman–Crippen LogP) is 3.30. The van der Waals surface area contributed by atoms with Crippen molar-refractivity contribution in [3.05, 3.63) is 67.1 Å². The zero-order valence-corrected chi connectivity index (χ0v) is 11.4. The summed E-state index contributed by atoms with van der Waals surface area (Å²) in [6.07, 6.45) is 4.71. The Morgan fingerprint density at radius 2 is 2.14 bits per heavy atom. The molecule has 0 saturated carbocycles. The van der Waals surface area contributed by atoms with Crippen LogP contribution in [0.15, 0.2) is 65.9 Å². The van der Waals surface area contributed by atoms with Crippen LogP contribution in [-0.2, 0) is 11.3 Å². The van der Waals surface area contributed by atoms with Gasteiger partial charge in [-0.25, -0.2) is 0 Å². The van der Waals surface area contributed by atoms with Crippen LogP contribution in [0.3, 0.4) is 0 Å². The van der Waals surface area contributed by atoms with Gasteiger partial charge in [0, 0.05) is 23.7 Å². The molecule has 2 aromatic heterocycles. The molecule has 1 aromatic carbocycles. The lowest BCUT2D eigenvalue weighted by Crippen LogP contribution is -2.19. The number of rotatable bonds is 4. The molecule has 104 valence electrons. The number of benzene rings is 1. The zero-order valence-electron chi connectivity index (χ0n) is 11.4. The Labute approximate surface area is 122 Å². The summed E-state index contributed by atoms with van der Waals surface area (Å²) in [7, 11) is 0. The highest BCUT2D eigenvalue weighted by Crippen LogP contribution is 2.28. The maximum atomic E-state index is 11.1. The fourth-order valence-electron chi connectivity index (χ4n) is 2.13. The average molecular weight is 278 g/mol. The van der Waals surface area contributed by atoms with Crippen molar-refractivity contribution in [3.8, 4) is 11.3 Å². The Balaban J connectivity index is 1.84. The van der Waals surface area contributed by atoms with E-state index < -0.39 is 0 Å². The second-order valence-corrected chi connectivity index (χ2v) is 4.62. The van der Waals surface area contributed by atoms with Gasteiger partial charge in [0.1, 0.15) is 11.8 Å². The number of para-hydroxylation sites is 1.